The van der Waals surface area contributed by atoms with Crippen molar-refractivity contribution in [1.29, 1.82) is 0 Å². The Morgan fingerprint density at radius 3 is 2.64 bits per heavy atom. The monoisotopic (exact) mass is 348 g/mol. The number of hydrogen-bond donors (Lipinski definition) is 0. The predicted octanol–water partition coefficient (Wildman–Crippen LogP) is 1.73. The molecule has 2 heterocycles. The lowest BCUT2D eigenvalue weighted by atomic mass is 9.95. The Balaban J connectivity index is 1.66. The summed E-state index contributed by atoms with van der Waals surface area (Å²) in [4.78, 5) is 39.8. The van der Waals surface area contributed by atoms with Crippen LogP contribution in [0, 0.1) is 11.7 Å². The van der Waals surface area contributed by atoms with Crippen LogP contribution >= 0.6 is 0 Å². The van der Waals surface area contributed by atoms with E-state index in [9.17, 15) is 18.8 Å². The van der Waals surface area contributed by atoms with Crippen LogP contribution in [-0.2, 0) is 19.1 Å². The molecule has 2 saturated heterocycles. The van der Waals surface area contributed by atoms with Crippen LogP contribution in [0.15, 0.2) is 24.3 Å². The van der Waals surface area contributed by atoms with Gasteiger partial charge >= 0.3 is 5.97 Å². The number of carbonyl (C=O) groups excluding carboxylic acids is 3. The summed E-state index contributed by atoms with van der Waals surface area (Å²) in [6, 6.07) is 4.94. The number of carbonyl (C=O) groups is 3. The van der Waals surface area contributed by atoms with E-state index in [1.54, 1.807) is 13.0 Å². The summed E-state index contributed by atoms with van der Waals surface area (Å²) in [6.07, 6.45) is 1.30. The van der Waals surface area contributed by atoms with Gasteiger partial charge in [-0.05, 0) is 51.1 Å². The van der Waals surface area contributed by atoms with E-state index in [1.165, 1.54) is 18.2 Å². The fraction of sp³-hybridized carbons (Fsp3) is 0.500. The first-order valence-electron chi connectivity index (χ1n) is 8.54. The molecule has 134 valence electrons. The number of esters is 1. The van der Waals surface area contributed by atoms with Crippen molar-refractivity contribution >= 4 is 23.5 Å². The Hall–Kier alpha value is -2.28. The van der Waals surface area contributed by atoms with Crippen LogP contribution in [-0.4, -0.2) is 48.4 Å². The average molecular weight is 348 g/mol. The number of hydrogen-bond acceptors (Lipinski definition) is 5. The molecule has 2 fully saturated rings. The lowest BCUT2D eigenvalue weighted by Gasteiger charge is -2.33. The van der Waals surface area contributed by atoms with Gasteiger partial charge in [0.1, 0.15) is 5.82 Å². The minimum atomic E-state index is -0.543. The zero-order chi connectivity index (χ0) is 18.0. The molecule has 2 amide bonds. The molecule has 25 heavy (non-hydrogen) atoms. The highest BCUT2D eigenvalue weighted by molar-refractivity contribution is 6.22. The van der Waals surface area contributed by atoms with Crippen molar-refractivity contribution in [3.05, 3.63) is 30.1 Å². The first-order valence-corrected chi connectivity index (χ1v) is 8.54. The number of anilines is 1. The Bertz CT molecular complexity index is 685. The molecule has 1 aromatic carbocycles. The number of piperidine rings is 1. The van der Waals surface area contributed by atoms with Crippen LogP contribution in [0.5, 0.6) is 0 Å². The lowest BCUT2D eigenvalue weighted by molar-refractivity contribution is -0.149. The number of likely N-dealkylation sites (tertiary alicyclic amines) is 1. The Kier molecular flexibility index (Phi) is 5.13. The van der Waals surface area contributed by atoms with E-state index >= 15 is 0 Å². The molecule has 0 saturated carbocycles. The van der Waals surface area contributed by atoms with E-state index in [2.05, 4.69) is 0 Å². The molecule has 0 aromatic heterocycles. The van der Waals surface area contributed by atoms with Crippen LogP contribution in [0.3, 0.4) is 0 Å². The third-order valence-corrected chi connectivity index (χ3v) is 4.78. The molecule has 0 bridgehead atoms. The van der Waals surface area contributed by atoms with Gasteiger partial charge in [-0.25, -0.2) is 9.29 Å². The van der Waals surface area contributed by atoms with E-state index in [-0.39, 0.29) is 35.8 Å². The van der Waals surface area contributed by atoms with E-state index < -0.39 is 11.9 Å². The van der Waals surface area contributed by atoms with Gasteiger partial charge in [-0.1, -0.05) is 6.07 Å². The second-order valence-corrected chi connectivity index (χ2v) is 6.33. The van der Waals surface area contributed by atoms with Crippen LogP contribution in [0.1, 0.15) is 26.2 Å². The number of imide groups is 1. The fourth-order valence-corrected chi connectivity index (χ4v) is 3.49. The largest absolute Gasteiger partial charge is 0.466 e. The standard InChI is InChI=1S/C18H21FN2O4/c1-2-25-18(24)12-6-8-20(9-7-12)15-11-16(22)21(17(15)23)14-5-3-4-13(19)10-14/h3-5,10,12,15H,2,6-9,11H2,1H3. The molecule has 6 nitrogen and oxygen atoms in total. The van der Waals surface area contributed by atoms with Crippen LogP contribution in [0.25, 0.3) is 0 Å². The Morgan fingerprint density at radius 2 is 2.00 bits per heavy atom. The molecule has 2 aliphatic rings. The number of halogens is 1. The number of benzene rings is 1. The quantitative estimate of drug-likeness (QED) is 0.612. The van der Waals surface area contributed by atoms with Gasteiger partial charge in [0.25, 0.3) is 5.91 Å². The van der Waals surface area contributed by atoms with Crippen molar-refractivity contribution in [3.63, 3.8) is 0 Å². The summed E-state index contributed by atoms with van der Waals surface area (Å²) in [6.45, 7) is 3.25. The summed E-state index contributed by atoms with van der Waals surface area (Å²) in [5, 5.41) is 0. The highest BCUT2D eigenvalue weighted by atomic mass is 19.1. The van der Waals surface area contributed by atoms with Crippen molar-refractivity contribution in [2.75, 3.05) is 24.6 Å². The maximum absolute atomic E-state index is 13.4. The SMILES string of the molecule is CCOC(=O)C1CCN(C2CC(=O)N(c3cccc(F)c3)C2=O)CC1. The first kappa shape index (κ1) is 17.5. The minimum Gasteiger partial charge on any atom is -0.466 e. The molecule has 0 spiro atoms. The third kappa shape index (κ3) is 3.56. The molecule has 1 aromatic rings. The van der Waals surface area contributed by atoms with Crippen molar-refractivity contribution in [2.45, 2.75) is 32.2 Å². The molecular weight excluding hydrogens is 327 g/mol. The Labute approximate surface area is 145 Å². The minimum absolute atomic E-state index is 0.0828. The predicted molar refractivity (Wildman–Crippen MR) is 88.2 cm³/mol. The average Bonchev–Trinajstić information content (AvgIpc) is 2.90. The highest BCUT2D eigenvalue weighted by Gasteiger charge is 2.44. The fourth-order valence-electron chi connectivity index (χ4n) is 3.49. The highest BCUT2D eigenvalue weighted by Crippen LogP contribution is 2.29. The van der Waals surface area contributed by atoms with Crippen molar-refractivity contribution in [2.24, 2.45) is 5.92 Å². The van der Waals surface area contributed by atoms with Crippen LogP contribution < -0.4 is 4.90 Å². The van der Waals surface area contributed by atoms with Gasteiger partial charge in [-0.3, -0.25) is 19.3 Å². The Morgan fingerprint density at radius 1 is 1.28 bits per heavy atom. The lowest BCUT2D eigenvalue weighted by Crippen LogP contribution is -2.47. The topological polar surface area (TPSA) is 66.9 Å². The second-order valence-electron chi connectivity index (χ2n) is 6.33. The van der Waals surface area contributed by atoms with Gasteiger partial charge in [0.2, 0.25) is 5.91 Å². The van der Waals surface area contributed by atoms with Gasteiger partial charge in [0.15, 0.2) is 0 Å². The van der Waals surface area contributed by atoms with Crippen LogP contribution in [0.4, 0.5) is 10.1 Å². The smallest absolute Gasteiger partial charge is 0.309 e. The summed E-state index contributed by atoms with van der Waals surface area (Å²) in [7, 11) is 0. The normalized spacial score (nSPS) is 22.5. The first-order chi connectivity index (χ1) is 12.0. The van der Waals surface area contributed by atoms with E-state index in [0.717, 1.165) is 4.90 Å². The number of rotatable bonds is 4. The van der Waals surface area contributed by atoms with E-state index in [4.69, 9.17) is 4.74 Å². The van der Waals surface area contributed by atoms with Gasteiger partial charge in [-0.2, -0.15) is 0 Å². The van der Waals surface area contributed by atoms with Crippen molar-refractivity contribution in [3.8, 4) is 0 Å². The number of ether oxygens (including phenoxy) is 1. The maximum Gasteiger partial charge on any atom is 0.309 e. The van der Waals surface area contributed by atoms with Gasteiger partial charge in [0, 0.05) is 0 Å². The van der Waals surface area contributed by atoms with Gasteiger partial charge in [-0.15, -0.1) is 0 Å². The van der Waals surface area contributed by atoms with Crippen molar-refractivity contribution < 1.29 is 23.5 Å². The van der Waals surface area contributed by atoms with Gasteiger partial charge < -0.3 is 4.74 Å². The molecule has 7 heteroatoms. The summed E-state index contributed by atoms with van der Waals surface area (Å²) >= 11 is 0. The zero-order valence-corrected chi connectivity index (χ0v) is 14.1. The van der Waals surface area contributed by atoms with Crippen LogP contribution in [0.2, 0.25) is 0 Å². The summed E-state index contributed by atoms with van der Waals surface area (Å²) in [5.74, 6) is -1.49. The maximum atomic E-state index is 13.4. The molecule has 3 rings (SSSR count). The molecular formula is C18H21FN2O4. The van der Waals surface area contributed by atoms with Gasteiger partial charge in [0.05, 0.1) is 30.7 Å². The molecule has 0 radical (unpaired) electrons. The molecule has 2 aliphatic heterocycles. The summed E-state index contributed by atoms with van der Waals surface area (Å²) in [5.41, 5.74) is 0.263. The summed E-state index contributed by atoms with van der Waals surface area (Å²) < 4.78 is 18.4. The number of nitrogens with zero attached hydrogens (tertiary/aromatic N) is 2. The van der Waals surface area contributed by atoms with Crippen molar-refractivity contribution in [1.82, 2.24) is 4.90 Å². The number of amides is 2. The molecule has 1 atom stereocenters. The second kappa shape index (κ2) is 7.31. The molecule has 1 unspecified atom stereocenters. The molecule has 0 N–H and O–H groups in total. The third-order valence-electron chi connectivity index (χ3n) is 4.78. The zero-order valence-electron chi connectivity index (χ0n) is 14.1. The molecule has 0 aliphatic carbocycles. The van der Waals surface area contributed by atoms with E-state index in [0.29, 0.717) is 32.5 Å². The van der Waals surface area contributed by atoms with E-state index in [1.807, 2.05) is 4.90 Å².